The van der Waals surface area contributed by atoms with E-state index in [0.29, 0.717) is 49.5 Å². The van der Waals surface area contributed by atoms with Crippen molar-refractivity contribution in [3.63, 3.8) is 0 Å². The second-order valence-corrected chi connectivity index (χ2v) is 6.61. The summed E-state index contributed by atoms with van der Waals surface area (Å²) in [6.45, 7) is 4.86. The maximum absolute atomic E-state index is 12.4. The van der Waals surface area contributed by atoms with E-state index in [1.165, 1.54) is 0 Å². The molecule has 1 fully saturated rings. The zero-order chi connectivity index (χ0) is 19.6. The minimum Gasteiger partial charge on any atom is -0.490 e. The van der Waals surface area contributed by atoms with Crippen LogP contribution in [0, 0.1) is 0 Å². The summed E-state index contributed by atoms with van der Waals surface area (Å²) in [5.41, 5.74) is 0.564. The molecule has 0 aromatic heterocycles. The summed E-state index contributed by atoms with van der Waals surface area (Å²) in [7, 11) is 0. The average molecular weight is 421 g/mol. The molecule has 1 unspecified atom stereocenters. The lowest BCUT2D eigenvalue weighted by atomic mass is 10.1. The van der Waals surface area contributed by atoms with Crippen LogP contribution in [0.25, 0.3) is 0 Å². The Morgan fingerprint density at radius 2 is 1.86 bits per heavy atom. The van der Waals surface area contributed by atoms with Crippen molar-refractivity contribution < 1.29 is 19.0 Å². The third-order valence-electron chi connectivity index (χ3n) is 4.53. The number of para-hydroxylation sites is 1. The highest BCUT2D eigenvalue weighted by Gasteiger charge is 2.16. The Morgan fingerprint density at radius 1 is 1.07 bits per heavy atom. The van der Waals surface area contributed by atoms with Gasteiger partial charge in [-0.05, 0) is 56.6 Å². The molecule has 6 nitrogen and oxygen atoms in total. The highest BCUT2D eigenvalue weighted by molar-refractivity contribution is 5.94. The predicted octanol–water partition coefficient (Wildman–Crippen LogP) is 3.45. The highest BCUT2D eigenvalue weighted by Crippen LogP contribution is 2.28. The fourth-order valence-corrected chi connectivity index (χ4v) is 3.11. The first-order chi connectivity index (χ1) is 13.8. The minimum atomic E-state index is -0.103. The quantitative estimate of drug-likeness (QED) is 0.576. The van der Waals surface area contributed by atoms with Crippen LogP contribution in [0.1, 0.15) is 30.1 Å². The summed E-state index contributed by atoms with van der Waals surface area (Å²) >= 11 is 0. The van der Waals surface area contributed by atoms with E-state index in [9.17, 15) is 4.79 Å². The van der Waals surface area contributed by atoms with Crippen molar-refractivity contribution in [3.8, 4) is 17.2 Å². The van der Waals surface area contributed by atoms with E-state index in [4.69, 9.17) is 14.2 Å². The van der Waals surface area contributed by atoms with Crippen LogP contribution in [0.3, 0.4) is 0 Å². The summed E-state index contributed by atoms with van der Waals surface area (Å²) in [4.78, 5) is 12.4. The van der Waals surface area contributed by atoms with Crippen molar-refractivity contribution in [1.82, 2.24) is 10.6 Å². The number of rotatable bonds is 10. The summed E-state index contributed by atoms with van der Waals surface area (Å²) < 4.78 is 17.1. The number of hydrogen-bond acceptors (Lipinski definition) is 5. The average Bonchev–Trinajstić information content (AvgIpc) is 3.25. The van der Waals surface area contributed by atoms with Crippen molar-refractivity contribution >= 4 is 18.3 Å². The highest BCUT2D eigenvalue weighted by atomic mass is 35.5. The SMILES string of the molecule is CCOc1cc(C(=O)NCC2CCCN2)ccc1OCCOc1ccccc1.Cl. The molecular formula is C22H29ClN2O4. The number of carbonyl (C=O) groups excluding carboxylic acids is 1. The van der Waals surface area contributed by atoms with Crippen LogP contribution >= 0.6 is 12.4 Å². The molecule has 0 spiro atoms. The minimum absolute atomic E-state index is 0. The molecule has 1 amide bonds. The Hall–Kier alpha value is -2.44. The normalized spacial score (nSPS) is 15.3. The molecule has 1 aliphatic rings. The Labute approximate surface area is 178 Å². The molecule has 29 heavy (non-hydrogen) atoms. The topological polar surface area (TPSA) is 68.8 Å². The number of amides is 1. The third kappa shape index (κ3) is 7.15. The van der Waals surface area contributed by atoms with Gasteiger partial charge in [0.25, 0.3) is 5.91 Å². The lowest BCUT2D eigenvalue weighted by Gasteiger charge is -2.15. The first-order valence-corrected chi connectivity index (χ1v) is 9.85. The van der Waals surface area contributed by atoms with Gasteiger partial charge in [0.05, 0.1) is 6.61 Å². The second kappa shape index (κ2) is 12.2. The molecule has 0 aliphatic carbocycles. The predicted molar refractivity (Wildman–Crippen MR) is 116 cm³/mol. The number of nitrogens with one attached hydrogen (secondary N) is 2. The Morgan fingerprint density at radius 3 is 2.59 bits per heavy atom. The molecule has 0 bridgehead atoms. The molecule has 2 N–H and O–H groups in total. The molecule has 0 radical (unpaired) electrons. The van der Waals surface area contributed by atoms with E-state index in [1.54, 1.807) is 18.2 Å². The van der Waals surface area contributed by atoms with Gasteiger partial charge in [0, 0.05) is 18.2 Å². The number of halogens is 1. The number of hydrogen-bond donors (Lipinski definition) is 2. The summed E-state index contributed by atoms with van der Waals surface area (Å²) in [5, 5.41) is 6.36. The van der Waals surface area contributed by atoms with Crippen molar-refractivity contribution in [3.05, 3.63) is 54.1 Å². The van der Waals surface area contributed by atoms with E-state index < -0.39 is 0 Å². The first kappa shape index (κ1) is 22.8. The molecule has 1 atom stereocenters. The number of ether oxygens (including phenoxy) is 3. The molecule has 158 valence electrons. The summed E-state index contributed by atoms with van der Waals surface area (Å²) in [6, 6.07) is 15.2. The van der Waals surface area contributed by atoms with Crippen LogP contribution in [-0.4, -0.2) is 44.9 Å². The molecule has 2 aromatic rings. The molecule has 1 heterocycles. The van der Waals surface area contributed by atoms with Crippen molar-refractivity contribution in [2.24, 2.45) is 0 Å². The van der Waals surface area contributed by atoms with Gasteiger partial charge in [0.15, 0.2) is 11.5 Å². The fourth-order valence-electron chi connectivity index (χ4n) is 3.11. The molecule has 1 aliphatic heterocycles. The number of benzene rings is 2. The largest absolute Gasteiger partial charge is 0.490 e. The van der Waals surface area contributed by atoms with Gasteiger partial charge >= 0.3 is 0 Å². The van der Waals surface area contributed by atoms with E-state index in [0.717, 1.165) is 25.1 Å². The van der Waals surface area contributed by atoms with Gasteiger partial charge < -0.3 is 24.8 Å². The Balaban J connectivity index is 0.00000300. The Kier molecular flexibility index (Phi) is 9.60. The Bertz CT molecular complexity index is 752. The number of carbonyl (C=O) groups is 1. The first-order valence-electron chi connectivity index (χ1n) is 9.85. The maximum atomic E-state index is 12.4. The molecule has 3 rings (SSSR count). The van der Waals surface area contributed by atoms with E-state index in [-0.39, 0.29) is 18.3 Å². The van der Waals surface area contributed by atoms with Crippen LogP contribution in [0.4, 0.5) is 0 Å². The molecule has 7 heteroatoms. The second-order valence-electron chi connectivity index (χ2n) is 6.61. The van der Waals surface area contributed by atoms with E-state index in [2.05, 4.69) is 10.6 Å². The van der Waals surface area contributed by atoms with Crippen molar-refractivity contribution in [1.29, 1.82) is 0 Å². The third-order valence-corrected chi connectivity index (χ3v) is 4.53. The summed E-state index contributed by atoms with van der Waals surface area (Å²) in [6.07, 6.45) is 2.26. The van der Waals surface area contributed by atoms with Gasteiger partial charge in [-0.3, -0.25) is 4.79 Å². The van der Waals surface area contributed by atoms with Crippen LogP contribution < -0.4 is 24.8 Å². The van der Waals surface area contributed by atoms with Gasteiger partial charge in [-0.25, -0.2) is 0 Å². The zero-order valence-electron chi connectivity index (χ0n) is 16.7. The molecule has 2 aromatic carbocycles. The lowest BCUT2D eigenvalue weighted by Crippen LogP contribution is -2.37. The van der Waals surface area contributed by atoms with Crippen LogP contribution in [0.15, 0.2) is 48.5 Å². The van der Waals surface area contributed by atoms with Gasteiger partial charge in [0.2, 0.25) is 0 Å². The van der Waals surface area contributed by atoms with Gasteiger partial charge in [-0.15, -0.1) is 12.4 Å². The monoisotopic (exact) mass is 420 g/mol. The molecule has 0 saturated carbocycles. The molecule has 1 saturated heterocycles. The van der Waals surface area contributed by atoms with Crippen LogP contribution in [-0.2, 0) is 0 Å². The van der Waals surface area contributed by atoms with Gasteiger partial charge in [-0.1, -0.05) is 18.2 Å². The van der Waals surface area contributed by atoms with Gasteiger partial charge in [-0.2, -0.15) is 0 Å². The zero-order valence-corrected chi connectivity index (χ0v) is 17.5. The van der Waals surface area contributed by atoms with E-state index in [1.807, 2.05) is 37.3 Å². The molecular weight excluding hydrogens is 392 g/mol. The smallest absolute Gasteiger partial charge is 0.251 e. The van der Waals surface area contributed by atoms with Gasteiger partial charge in [0.1, 0.15) is 19.0 Å². The lowest BCUT2D eigenvalue weighted by molar-refractivity contribution is 0.0949. The fraction of sp³-hybridized carbons (Fsp3) is 0.409. The van der Waals surface area contributed by atoms with Crippen molar-refractivity contribution in [2.75, 3.05) is 32.9 Å². The van der Waals surface area contributed by atoms with Crippen LogP contribution in [0.5, 0.6) is 17.2 Å². The standard InChI is InChI=1S/C22H28N2O4.ClH/c1-2-26-21-15-17(22(25)24-16-18-7-6-12-23-18)10-11-20(21)28-14-13-27-19-8-4-3-5-9-19;/h3-5,8-11,15,18,23H,2,6-7,12-14,16H2,1H3,(H,24,25);1H. The summed E-state index contributed by atoms with van der Waals surface area (Å²) in [5.74, 6) is 1.87. The maximum Gasteiger partial charge on any atom is 0.251 e. The van der Waals surface area contributed by atoms with Crippen LogP contribution in [0.2, 0.25) is 0 Å². The van der Waals surface area contributed by atoms with Crippen molar-refractivity contribution in [2.45, 2.75) is 25.8 Å². The van der Waals surface area contributed by atoms with E-state index >= 15 is 0 Å².